The van der Waals surface area contributed by atoms with Crippen LogP contribution in [0.5, 0.6) is 0 Å². The predicted molar refractivity (Wildman–Crippen MR) is 236 cm³/mol. The minimum Gasteiger partial charge on any atom is -0.269 e. The zero-order valence-electron chi connectivity index (χ0n) is 33.0. The minimum atomic E-state index is -0.882. The van der Waals surface area contributed by atoms with E-state index in [0.717, 1.165) is 0 Å². The number of likely N-dealkylation sites (tertiary alicyclic amines) is 1. The van der Waals surface area contributed by atoms with Crippen molar-refractivity contribution in [3.8, 4) is 0 Å². The lowest BCUT2D eigenvalue weighted by molar-refractivity contribution is -0.0264. The predicted octanol–water partition coefficient (Wildman–Crippen LogP) is 13.0. The largest absolute Gasteiger partial charge is 0.269 e. The molecule has 0 bridgehead atoms. The number of benzene rings is 8. The molecule has 1 aliphatic rings. The molecule has 0 amide bonds. The van der Waals surface area contributed by atoms with Gasteiger partial charge >= 0.3 is 0 Å². The van der Waals surface area contributed by atoms with Crippen LogP contribution < -0.4 is 0 Å². The molecule has 0 atom stereocenters. The topological polar surface area (TPSA) is 3.24 Å². The third-order valence-corrected chi connectivity index (χ3v) is 12.6. The van der Waals surface area contributed by atoms with Gasteiger partial charge in [-0.3, -0.25) is 4.90 Å². The van der Waals surface area contributed by atoms with Crippen LogP contribution in [-0.2, 0) is 21.9 Å². The van der Waals surface area contributed by atoms with Gasteiger partial charge in [-0.25, -0.2) is 0 Å². The first-order chi connectivity index (χ1) is 28.0. The average molecular weight is 736 g/mol. The van der Waals surface area contributed by atoms with Gasteiger partial charge in [-0.05, 0) is 65.3 Å². The lowest BCUT2D eigenvalue weighted by Crippen LogP contribution is -2.63. The summed E-state index contributed by atoms with van der Waals surface area (Å²) < 4.78 is 0. The van der Waals surface area contributed by atoms with Crippen molar-refractivity contribution in [2.45, 2.75) is 48.2 Å². The molecule has 0 spiro atoms. The first-order valence-electron chi connectivity index (χ1n) is 20.2. The Morgan fingerprint density at radius 3 is 0.561 bits per heavy atom. The van der Waals surface area contributed by atoms with E-state index in [2.05, 4.69) is 268 Å². The van der Waals surface area contributed by atoms with E-state index in [9.17, 15) is 0 Å². The fourth-order valence-corrected chi connectivity index (χ4v) is 11.4. The Kier molecular flexibility index (Phi) is 9.15. The smallest absolute Gasteiger partial charge is 0.0882 e. The zero-order valence-corrected chi connectivity index (χ0v) is 33.0. The Morgan fingerprint density at radius 2 is 0.404 bits per heavy atom. The van der Waals surface area contributed by atoms with Gasteiger partial charge in [-0.1, -0.05) is 243 Å². The number of nitrogens with zero attached hydrogens (tertiary/aromatic N) is 1. The molecule has 0 N–H and O–H groups in total. The first-order valence-corrected chi connectivity index (χ1v) is 20.2. The lowest BCUT2D eigenvalue weighted by Gasteiger charge is -2.58. The van der Waals surface area contributed by atoms with Crippen molar-refractivity contribution in [2.24, 2.45) is 0 Å². The van der Waals surface area contributed by atoms with E-state index in [-0.39, 0.29) is 0 Å². The fourth-order valence-electron chi connectivity index (χ4n) is 11.4. The molecule has 0 aliphatic carbocycles. The van der Waals surface area contributed by atoms with Crippen LogP contribution >= 0.6 is 0 Å². The first kappa shape index (κ1) is 36.4. The third kappa shape index (κ3) is 4.98. The van der Waals surface area contributed by atoms with Gasteiger partial charge in [0.2, 0.25) is 0 Å². The minimum absolute atomic E-state index is 0.475. The van der Waals surface area contributed by atoms with Crippen molar-refractivity contribution in [1.82, 2.24) is 4.90 Å². The molecule has 1 saturated heterocycles. The van der Waals surface area contributed by atoms with E-state index in [1.807, 2.05) is 0 Å². The second-order valence-corrected chi connectivity index (χ2v) is 16.4. The van der Waals surface area contributed by atoms with Gasteiger partial charge in [-0.2, -0.15) is 0 Å². The van der Waals surface area contributed by atoms with Crippen LogP contribution in [-0.4, -0.2) is 10.4 Å². The summed E-state index contributed by atoms with van der Waals surface area (Å²) in [7, 11) is 0. The van der Waals surface area contributed by atoms with Crippen LogP contribution in [0.4, 0.5) is 0 Å². The Balaban J connectivity index is 1.76. The molecular formula is C56H49N. The van der Waals surface area contributed by atoms with Crippen LogP contribution in [0.2, 0.25) is 0 Å². The van der Waals surface area contributed by atoms with E-state index >= 15 is 0 Å². The standard InChI is InChI=1S/C56H49N/c1-52(2,3)57-55(48-36-20-8-21-37-48,49-38-22-9-23-39-49)53(44-28-12-4-13-29-44,45-30-14-5-15-31-45)54(46-32-16-6-17-33-46,47-34-18-7-19-35-47)56(57,50-40-24-10-25-41-50)51-42-26-11-27-43-51/h4-43H,1-3H3. The van der Waals surface area contributed by atoms with Gasteiger partial charge in [0.1, 0.15) is 0 Å². The Morgan fingerprint density at radius 1 is 0.246 bits per heavy atom. The Labute approximate surface area is 339 Å². The molecule has 1 heterocycles. The second kappa shape index (κ2) is 14.3. The fraction of sp³-hybridized carbons (Fsp3) is 0.143. The highest BCUT2D eigenvalue weighted by Crippen LogP contribution is 2.80. The molecule has 0 unspecified atom stereocenters. The van der Waals surface area contributed by atoms with Gasteiger partial charge in [0, 0.05) is 5.54 Å². The van der Waals surface area contributed by atoms with Crippen LogP contribution in [0.1, 0.15) is 65.3 Å². The van der Waals surface area contributed by atoms with E-state index in [1.165, 1.54) is 44.5 Å². The summed E-state index contributed by atoms with van der Waals surface area (Å²) in [4.78, 5) is 2.96. The van der Waals surface area contributed by atoms with Crippen molar-refractivity contribution in [3.63, 3.8) is 0 Å². The van der Waals surface area contributed by atoms with Crippen LogP contribution in [0.15, 0.2) is 243 Å². The summed E-state index contributed by atoms with van der Waals surface area (Å²) in [6, 6.07) is 91.5. The molecule has 0 aromatic heterocycles. The van der Waals surface area contributed by atoms with Crippen molar-refractivity contribution >= 4 is 0 Å². The highest BCUT2D eigenvalue weighted by molar-refractivity contribution is 5.73. The lowest BCUT2D eigenvalue weighted by atomic mass is 9.41. The van der Waals surface area contributed by atoms with Crippen molar-refractivity contribution in [1.29, 1.82) is 0 Å². The maximum Gasteiger partial charge on any atom is 0.0882 e. The molecule has 9 rings (SSSR count). The summed E-state index contributed by atoms with van der Waals surface area (Å²) in [6.07, 6.45) is 0. The maximum atomic E-state index is 2.96. The molecule has 8 aromatic carbocycles. The molecule has 0 saturated carbocycles. The Bertz CT molecular complexity index is 2180. The number of hydrogen-bond donors (Lipinski definition) is 0. The van der Waals surface area contributed by atoms with Crippen LogP contribution in [0, 0.1) is 0 Å². The van der Waals surface area contributed by atoms with Gasteiger partial charge in [0.15, 0.2) is 0 Å². The summed E-state index contributed by atoms with van der Waals surface area (Å²) in [5.41, 5.74) is 5.84. The molecule has 278 valence electrons. The summed E-state index contributed by atoms with van der Waals surface area (Å²) in [6.45, 7) is 7.29. The highest BCUT2D eigenvalue weighted by Gasteiger charge is 2.85. The van der Waals surface area contributed by atoms with E-state index in [1.54, 1.807) is 0 Å². The summed E-state index contributed by atoms with van der Waals surface area (Å²) >= 11 is 0. The SMILES string of the molecule is CC(C)(C)N1C(c2ccccc2)(c2ccccc2)C(c2ccccc2)(c2ccccc2)C(c2ccccc2)(c2ccccc2)C1(c1ccccc1)c1ccccc1. The molecule has 0 radical (unpaired) electrons. The average Bonchev–Trinajstić information content (AvgIpc) is 3.53. The van der Waals surface area contributed by atoms with Crippen molar-refractivity contribution < 1.29 is 0 Å². The summed E-state index contributed by atoms with van der Waals surface area (Å²) in [5.74, 6) is 0. The third-order valence-electron chi connectivity index (χ3n) is 12.6. The summed E-state index contributed by atoms with van der Waals surface area (Å²) in [5, 5.41) is 0. The van der Waals surface area contributed by atoms with Crippen molar-refractivity contribution in [3.05, 3.63) is 287 Å². The molecule has 1 aliphatic heterocycles. The molecule has 57 heavy (non-hydrogen) atoms. The van der Waals surface area contributed by atoms with E-state index < -0.39 is 27.4 Å². The van der Waals surface area contributed by atoms with Gasteiger partial charge in [0.25, 0.3) is 0 Å². The van der Waals surface area contributed by atoms with E-state index in [4.69, 9.17) is 0 Å². The van der Waals surface area contributed by atoms with Gasteiger partial charge in [-0.15, -0.1) is 0 Å². The quantitative estimate of drug-likeness (QED) is 0.150. The Hall–Kier alpha value is -6.28. The molecule has 8 aromatic rings. The molecule has 1 fully saturated rings. The molecule has 1 heteroatoms. The van der Waals surface area contributed by atoms with Gasteiger partial charge < -0.3 is 0 Å². The molecule has 1 nitrogen and oxygen atoms in total. The molecular weight excluding hydrogens is 687 g/mol. The zero-order chi connectivity index (χ0) is 39.0. The highest BCUT2D eigenvalue weighted by atomic mass is 15.4. The maximum absolute atomic E-state index is 2.96. The monoisotopic (exact) mass is 735 g/mol. The van der Waals surface area contributed by atoms with Crippen molar-refractivity contribution in [2.75, 3.05) is 0 Å². The van der Waals surface area contributed by atoms with Gasteiger partial charge in [0.05, 0.1) is 21.9 Å². The number of rotatable bonds is 8. The normalized spacial score (nSPS) is 16.8. The number of hydrogen-bond acceptors (Lipinski definition) is 1. The van der Waals surface area contributed by atoms with E-state index in [0.29, 0.717) is 0 Å². The van der Waals surface area contributed by atoms with Crippen LogP contribution in [0.3, 0.4) is 0 Å². The second-order valence-electron chi connectivity index (χ2n) is 16.4. The van der Waals surface area contributed by atoms with Crippen LogP contribution in [0.25, 0.3) is 0 Å².